The van der Waals surface area contributed by atoms with E-state index in [4.69, 9.17) is 5.73 Å². The van der Waals surface area contributed by atoms with E-state index in [1.54, 1.807) is 0 Å². The maximum atomic E-state index is 11.9. The number of carbonyl (C=O) groups is 1. The number of benzene rings is 1. The lowest BCUT2D eigenvalue weighted by Crippen LogP contribution is -2.11. The second kappa shape index (κ2) is 8.44. The molecule has 1 aromatic rings. The summed E-state index contributed by atoms with van der Waals surface area (Å²) in [6.07, 6.45) is 4.33. The molecule has 18 heavy (non-hydrogen) atoms. The van der Waals surface area contributed by atoms with Gasteiger partial charge in [-0.2, -0.15) is 0 Å². The van der Waals surface area contributed by atoms with Gasteiger partial charge in [0.2, 0.25) is 0 Å². The van der Waals surface area contributed by atoms with E-state index in [0.29, 0.717) is 24.5 Å². The quantitative estimate of drug-likeness (QED) is 0.795. The van der Waals surface area contributed by atoms with Gasteiger partial charge in [0, 0.05) is 17.3 Å². The Labute approximate surface area is 118 Å². The molecule has 2 nitrogen and oxygen atoms in total. The summed E-state index contributed by atoms with van der Waals surface area (Å²) in [4.78, 5) is 11.9. The first-order chi connectivity index (χ1) is 8.65. The van der Waals surface area contributed by atoms with Crippen LogP contribution in [0.2, 0.25) is 0 Å². The highest BCUT2D eigenvalue weighted by molar-refractivity contribution is 9.10. The van der Waals surface area contributed by atoms with Crippen molar-refractivity contribution in [1.82, 2.24) is 0 Å². The maximum absolute atomic E-state index is 11.9. The summed E-state index contributed by atoms with van der Waals surface area (Å²) in [7, 11) is 0. The minimum absolute atomic E-state index is 0.323. The fraction of sp³-hybridized carbons (Fsp3) is 0.533. The molecule has 3 heteroatoms. The molecule has 0 fully saturated rings. The van der Waals surface area contributed by atoms with E-state index in [1.165, 1.54) is 0 Å². The number of ketones is 1. The van der Waals surface area contributed by atoms with E-state index in [1.807, 2.05) is 24.3 Å². The van der Waals surface area contributed by atoms with Gasteiger partial charge in [-0.3, -0.25) is 4.79 Å². The number of hydrogen-bond acceptors (Lipinski definition) is 2. The third-order valence-corrected chi connectivity index (χ3v) is 3.77. The Morgan fingerprint density at radius 2 is 2.17 bits per heavy atom. The van der Waals surface area contributed by atoms with Crippen LogP contribution in [0, 0.1) is 5.92 Å². The lowest BCUT2D eigenvalue weighted by atomic mass is 9.94. The number of halogens is 1. The van der Waals surface area contributed by atoms with Crippen LogP contribution in [0.3, 0.4) is 0 Å². The van der Waals surface area contributed by atoms with Crippen molar-refractivity contribution in [3.63, 3.8) is 0 Å². The van der Waals surface area contributed by atoms with Crippen LogP contribution in [0.15, 0.2) is 28.7 Å². The third kappa shape index (κ3) is 5.78. The van der Waals surface area contributed by atoms with E-state index in [2.05, 4.69) is 22.9 Å². The number of nitrogens with two attached hydrogens (primary N) is 1. The molecule has 1 rings (SSSR count). The molecule has 0 aliphatic rings. The summed E-state index contributed by atoms with van der Waals surface area (Å²) in [5.74, 6) is 0.921. The summed E-state index contributed by atoms with van der Waals surface area (Å²) >= 11 is 3.42. The van der Waals surface area contributed by atoms with E-state index in [9.17, 15) is 4.79 Å². The lowest BCUT2D eigenvalue weighted by molar-refractivity contribution is -0.118. The molecule has 0 radical (unpaired) electrons. The highest BCUT2D eigenvalue weighted by Crippen LogP contribution is 2.17. The first-order valence-electron chi connectivity index (χ1n) is 6.62. The molecule has 0 aliphatic heterocycles. The summed E-state index contributed by atoms with van der Waals surface area (Å²) in [6, 6.07) is 7.95. The van der Waals surface area contributed by atoms with Gasteiger partial charge in [0.15, 0.2) is 0 Å². The van der Waals surface area contributed by atoms with Crippen LogP contribution in [0.5, 0.6) is 0 Å². The highest BCUT2D eigenvalue weighted by atomic mass is 79.9. The Balaban J connectivity index is 2.37. The fourth-order valence-corrected chi connectivity index (χ4v) is 2.56. The van der Waals surface area contributed by atoms with Crippen molar-refractivity contribution in [3.8, 4) is 0 Å². The first-order valence-corrected chi connectivity index (χ1v) is 7.41. The lowest BCUT2D eigenvalue weighted by Gasteiger charge is -2.12. The van der Waals surface area contributed by atoms with Gasteiger partial charge in [-0.05, 0) is 43.0 Å². The Bertz CT molecular complexity index is 379. The monoisotopic (exact) mass is 311 g/mol. The molecular formula is C15H22BrNO. The standard InChI is InChI=1S/C15H22BrNO/c1-2-12(8-9-17)6-7-15(18)11-13-4-3-5-14(16)10-13/h3-5,10,12H,2,6-9,11,17H2,1H3. The highest BCUT2D eigenvalue weighted by Gasteiger charge is 2.09. The zero-order valence-electron chi connectivity index (χ0n) is 11.0. The summed E-state index contributed by atoms with van der Waals surface area (Å²) in [5.41, 5.74) is 6.65. The van der Waals surface area contributed by atoms with Crippen molar-refractivity contribution in [1.29, 1.82) is 0 Å². The number of carbonyl (C=O) groups excluding carboxylic acids is 1. The Kier molecular flexibility index (Phi) is 7.21. The number of hydrogen-bond donors (Lipinski definition) is 1. The van der Waals surface area contributed by atoms with Gasteiger partial charge in [-0.15, -0.1) is 0 Å². The largest absolute Gasteiger partial charge is 0.330 e. The minimum Gasteiger partial charge on any atom is -0.330 e. The number of Topliss-reactive ketones (excluding diaryl/α,β-unsaturated/α-hetero) is 1. The summed E-state index contributed by atoms with van der Waals surface area (Å²) < 4.78 is 1.03. The Morgan fingerprint density at radius 3 is 2.78 bits per heavy atom. The van der Waals surface area contributed by atoms with Crippen molar-refractivity contribution in [2.75, 3.05) is 6.54 Å². The molecule has 100 valence electrons. The SMILES string of the molecule is CCC(CCN)CCC(=O)Cc1cccc(Br)c1. The molecule has 0 saturated carbocycles. The van der Waals surface area contributed by atoms with Crippen LogP contribution in [0.25, 0.3) is 0 Å². The van der Waals surface area contributed by atoms with E-state index < -0.39 is 0 Å². The van der Waals surface area contributed by atoms with Crippen LogP contribution in [-0.4, -0.2) is 12.3 Å². The van der Waals surface area contributed by atoms with Gasteiger partial charge in [0.25, 0.3) is 0 Å². The van der Waals surface area contributed by atoms with Crippen molar-refractivity contribution < 1.29 is 4.79 Å². The third-order valence-electron chi connectivity index (χ3n) is 3.27. The Hall–Kier alpha value is -0.670. The molecule has 1 atom stereocenters. The summed E-state index contributed by atoms with van der Waals surface area (Å²) in [5, 5.41) is 0. The van der Waals surface area contributed by atoms with Gasteiger partial charge in [0.05, 0.1) is 0 Å². The molecule has 0 heterocycles. The maximum Gasteiger partial charge on any atom is 0.137 e. The van der Waals surface area contributed by atoms with E-state index in [-0.39, 0.29) is 0 Å². The van der Waals surface area contributed by atoms with E-state index >= 15 is 0 Å². The van der Waals surface area contributed by atoms with Gasteiger partial charge in [-0.25, -0.2) is 0 Å². The van der Waals surface area contributed by atoms with Crippen LogP contribution >= 0.6 is 15.9 Å². The molecule has 1 aromatic carbocycles. The van der Waals surface area contributed by atoms with Crippen molar-refractivity contribution >= 4 is 21.7 Å². The fourth-order valence-electron chi connectivity index (χ4n) is 2.12. The normalized spacial score (nSPS) is 12.4. The van der Waals surface area contributed by atoms with Gasteiger partial charge in [-0.1, -0.05) is 41.4 Å². The van der Waals surface area contributed by atoms with Gasteiger partial charge >= 0.3 is 0 Å². The van der Waals surface area contributed by atoms with Crippen LogP contribution in [-0.2, 0) is 11.2 Å². The second-order valence-corrected chi connectivity index (χ2v) is 5.65. The van der Waals surface area contributed by atoms with Crippen molar-refractivity contribution in [2.45, 2.75) is 39.0 Å². The predicted molar refractivity (Wildman–Crippen MR) is 79.5 cm³/mol. The molecule has 0 bridgehead atoms. The zero-order valence-corrected chi connectivity index (χ0v) is 12.6. The predicted octanol–water partition coefficient (Wildman–Crippen LogP) is 3.72. The van der Waals surface area contributed by atoms with Crippen LogP contribution in [0.4, 0.5) is 0 Å². The molecule has 1 unspecified atom stereocenters. The molecule has 0 aliphatic carbocycles. The molecular weight excluding hydrogens is 290 g/mol. The van der Waals surface area contributed by atoms with E-state index in [0.717, 1.165) is 35.8 Å². The molecule has 0 spiro atoms. The van der Waals surface area contributed by atoms with Crippen LogP contribution in [0.1, 0.15) is 38.2 Å². The Morgan fingerprint density at radius 1 is 1.39 bits per heavy atom. The molecule has 2 N–H and O–H groups in total. The molecule has 0 amide bonds. The number of rotatable bonds is 8. The van der Waals surface area contributed by atoms with Crippen molar-refractivity contribution in [3.05, 3.63) is 34.3 Å². The smallest absolute Gasteiger partial charge is 0.137 e. The first kappa shape index (κ1) is 15.4. The topological polar surface area (TPSA) is 43.1 Å². The summed E-state index contributed by atoms with van der Waals surface area (Å²) in [6.45, 7) is 2.89. The second-order valence-electron chi connectivity index (χ2n) is 4.74. The van der Waals surface area contributed by atoms with Crippen LogP contribution < -0.4 is 5.73 Å². The molecule has 0 aromatic heterocycles. The van der Waals surface area contributed by atoms with Crippen molar-refractivity contribution in [2.24, 2.45) is 11.7 Å². The molecule has 0 saturated heterocycles. The average molecular weight is 312 g/mol. The van der Waals surface area contributed by atoms with Gasteiger partial charge in [0.1, 0.15) is 5.78 Å². The minimum atomic E-state index is 0.323. The van der Waals surface area contributed by atoms with Gasteiger partial charge < -0.3 is 5.73 Å². The zero-order chi connectivity index (χ0) is 13.4. The average Bonchev–Trinajstić information content (AvgIpc) is 2.34.